The van der Waals surface area contributed by atoms with Gasteiger partial charge in [-0.05, 0) is 112 Å². The number of benzene rings is 11. The maximum absolute atomic E-state index is 5.65. The van der Waals surface area contributed by atoms with E-state index in [0.717, 1.165) is 76.6 Å². The third-order valence-corrected chi connectivity index (χ3v) is 15.9. The fraction of sp³-hybridized carbons (Fsp3) is 0. The van der Waals surface area contributed by atoms with Gasteiger partial charge in [0.1, 0.15) is 0 Å². The Balaban J connectivity index is 0.964. The average Bonchev–Trinajstić information content (AvgIpc) is 4.21. The van der Waals surface area contributed by atoms with Crippen LogP contribution in [0.15, 0.2) is 261 Å². The van der Waals surface area contributed by atoms with Crippen molar-refractivity contribution in [3.8, 4) is 44.5 Å². The van der Waals surface area contributed by atoms with E-state index >= 15 is 0 Å². The van der Waals surface area contributed by atoms with Crippen molar-refractivity contribution >= 4 is 104 Å². The van der Waals surface area contributed by atoms with Crippen LogP contribution in [0.1, 0.15) is 0 Å². The van der Waals surface area contributed by atoms with Crippen LogP contribution in [0.4, 0.5) is 17.1 Å². The van der Waals surface area contributed by atoms with Crippen LogP contribution in [0.3, 0.4) is 0 Å². The van der Waals surface area contributed by atoms with Crippen LogP contribution in [0.25, 0.3) is 120 Å². The summed E-state index contributed by atoms with van der Waals surface area (Å²) in [6.45, 7) is 0. The predicted molar refractivity (Wildman–Crippen MR) is 312 cm³/mol. The van der Waals surface area contributed by atoms with Gasteiger partial charge in [-0.3, -0.25) is 4.57 Å². The zero-order valence-electron chi connectivity index (χ0n) is 40.0. The lowest BCUT2D eigenvalue weighted by molar-refractivity contribution is 1.02. The first-order valence-corrected chi connectivity index (χ1v) is 25.9. The number of hydrogen-bond donors (Lipinski definition) is 0. The number of nitrogens with zero attached hydrogens (tertiary/aromatic N) is 5. The van der Waals surface area contributed by atoms with Gasteiger partial charge in [0.15, 0.2) is 0 Å². The second kappa shape index (κ2) is 17.0. The Morgan fingerprint density at radius 3 is 1.58 bits per heavy atom. The summed E-state index contributed by atoms with van der Waals surface area (Å²) in [7, 11) is 0. The van der Waals surface area contributed by atoms with E-state index in [0.29, 0.717) is 5.95 Å². The first-order valence-electron chi connectivity index (χ1n) is 25.1. The summed E-state index contributed by atoms with van der Waals surface area (Å²) in [5, 5.41) is 9.67. The molecule has 15 rings (SSSR count). The van der Waals surface area contributed by atoms with Crippen LogP contribution in [0.2, 0.25) is 0 Å². The van der Waals surface area contributed by atoms with E-state index in [-0.39, 0.29) is 0 Å². The Morgan fingerprint density at radius 2 is 0.905 bits per heavy atom. The number of fused-ring (bicyclic) bond motifs is 11. The van der Waals surface area contributed by atoms with E-state index < -0.39 is 0 Å². The molecule has 0 fully saturated rings. The molecule has 4 heterocycles. The Kier molecular flexibility index (Phi) is 9.68. The molecule has 0 aliphatic heterocycles. The summed E-state index contributed by atoms with van der Waals surface area (Å²) in [5.41, 5.74) is 15.1. The summed E-state index contributed by atoms with van der Waals surface area (Å²) in [6.07, 6.45) is 0. The highest BCUT2D eigenvalue weighted by Gasteiger charge is 2.24. The number of rotatable bonds is 8. The van der Waals surface area contributed by atoms with Crippen molar-refractivity contribution in [3.63, 3.8) is 0 Å². The third-order valence-electron chi connectivity index (χ3n) is 14.7. The molecule has 346 valence electrons. The van der Waals surface area contributed by atoms with E-state index in [9.17, 15) is 0 Å². The summed E-state index contributed by atoms with van der Waals surface area (Å²) in [5.74, 6) is 0.630. The van der Waals surface area contributed by atoms with E-state index in [4.69, 9.17) is 9.97 Å². The highest BCUT2D eigenvalue weighted by atomic mass is 32.1. The Bertz CT molecular complexity index is 4600. The predicted octanol–water partition coefficient (Wildman–Crippen LogP) is 18.7. The van der Waals surface area contributed by atoms with Gasteiger partial charge in [0.25, 0.3) is 0 Å². The fourth-order valence-corrected chi connectivity index (χ4v) is 12.5. The third kappa shape index (κ3) is 6.69. The monoisotopic (exact) mass is 961 g/mol. The summed E-state index contributed by atoms with van der Waals surface area (Å²) >= 11 is 1.75. The highest BCUT2D eigenvalue weighted by molar-refractivity contribution is 7.22. The van der Waals surface area contributed by atoms with Gasteiger partial charge in [0.2, 0.25) is 5.95 Å². The molecule has 0 amide bonds. The van der Waals surface area contributed by atoms with Gasteiger partial charge in [-0.2, -0.15) is 0 Å². The van der Waals surface area contributed by atoms with Crippen LogP contribution in [-0.4, -0.2) is 19.1 Å². The fourth-order valence-electron chi connectivity index (χ4n) is 11.4. The molecule has 6 heteroatoms. The van der Waals surface area contributed by atoms with Gasteiger partial charge in [0.05, 0.1) is 38.0 Å². The van der Waals surface area contributed by atoms with Crippen LogP contribution in [0.5, 0.6) is 0 Å². The zero-order chi connectivity index (χ0) is 48.7. The Labute approximate surface area is 430 Å². The molecule has 74 heavy (non-hydrogen) atoms. The molecule has 4 aromatic heterocycles. The molecule has 0 aliphatic rings. The van der Waals surface area contributed by atoms with Crippen molar-refractivity contribution in [2.24, 2.45) is 0 Å². The highest BCUT2D eigenvalue weighted by Crippen LogP contribution is 2.45. The van der Waals surface area contributed by atoms with Crippen molar-refractivity contribution < 1.29 is 0 Å². The van der Waals surface area contributed by atoms with Gasteiger partial charge >= 0.3 is 0 Å². The lowest BCUT2D eigenvalue weighted by atomic mass is 9.97. The quantitative estimate of drug-likeness (QED) is 0.152. The minimum Gasteiger partial charge on any atom is -0.311 e. The minimum atomic E-state index is 0.630. The first kappa shape index (κ1) is 42.1. The van der Waals surface area contributed by atoms with Gasteiger partial charge in [0, 0.05) is 60.3 Å². The van der Waals surface area contributed by atoms with Crippen molar-refractivity contribution in [2.45, 2.75) is 0 Å². The Hall–Kier alpha value is -9.62. The molecule has 0 aliphatic carbocycles. The van der Waals surface area contributed by atoms with Gasteiger partial charge in [-0.25, -0.2) is 9.97 Å². The molecule has 0 saturated carbocycles. The van der Waals surface area contributed by atoms with Crippen molar-refractivity contribution in [1.29, 1.82) is 0 Å². The smallest absolute Gasteiger partial charge is 0.235 e. The summed E-state index contributed by atoms with van der Waals surface area (Å²) in [6, 6.07) is 93.9. The van der Waals surface area contributed by atoms with Crippen molar-refractivity contribution in [3.05, 3.63) is 261 Å². The van der Waals surface area contributed by atoms with E-state index in [1.165, 1.54) is 54.3 Å². The molecule has 11 aromatic carbocycles. The molecule has 0 radical (unpaired) electrons. The van der Waals surface area contributed by atoms with Gasteiger partial charge in [-0.15, -0.1) is 11.3 Å². The summed E-state index contributed by atoms with van der Waals surface area (Å²) < 4.78 is 5.79. The molecule has 0 unspecified atom stereocenters. The van der Waals surface area contributed by atoms with Gasteiger partial charge < -0.3 is 9.47 Å². The molecule has 0 spiro atoms. The first-order chi connectivity index (χ1) is 36.7. The standard InChI is InChI=1S/C68H43N5S/c1-5-20-46(21-6-1)62-43-58-67(74-62)65(47-32-37-52(38-33-47)71(49-22-7-2-8-23-49)50-24-9-3-10-25-50)70-68(69-58)73-59-39-36-48(42-57(59)64-54-29-16-14-19-45(54)35-41-61(64)73)55-30-17-31-56-63-53-28-15-13-18-44(53)34-40-60(63)72(66(55)56)51-26-11-4-12-27-51/h1-43H. The molecular weight excluding hydrogens is 919 g/mol. The number of para-hydroxylation sites is 4. The van der Waals surface area contributed by atoms with Crippen molar-refractivity contribution in [1.82, 2.24) is 19.1 Å². The second-order valence-corrected chi connectivity index (χ2v) is 20.0. The topological polar surface area (TPSA) is 38.9 Å². The van der Waals surface area contributed by atoms with E-state index in [2.05, 4.69) is 275 Å². The van der Waals surface area contributed by atoms with E-state index in [1.54, 1.807) is 11.3 Å². The number of aromatic nitrogens is 4. The van der Waals surface area contributed by atoms with Crippen LogP contribution >= 0.6 is 11.3 Å². The van der Waals surface area contributed by atoms with Crippen molar-refractivity contribution in [2.75, 3.05) is 4.90 Å². The molecule has 15 aromatic rings. The van der Waals surface area contributed by atoms with Crippen LogP contribution < -0.4 is 4.90 Å². The van der Waals surface area contributed by atoms with Gasteiger partial charge in [-0.1, -0.05) is 182 Å². The second-order valence-electron chi connectivity index (χ2n) is 18.9. The maximum atomic E-state index is 5.65. The summed E-state index contributed by atoms with van der Waals surface area (Å²) in [4.78, 5) is 14.6. The normalized spacial score (nSPS) is 11.8. The van der Waals surface area contributed by atoms with E-state index in [1.807, 2.05) is 0 Å². The molecular formula is C68H43N5S. The maximum Gasteiger partial charge on any atom is 0.235 e. The molecule has 0 atom stereocenters. The average molecular weight is 962 g/mol. The lowest BCUT2D eigenvalue weighted by Crippen LogP contribution is -2.09. The van der Waals surface area contributed by atoms with Crippen LogP contribution in [0, 0.1) is 0 Å². The minimum absolute atomic E-state index is 0.630. The number of anilines is 3. The lowest BCUT2D eigenvalue weighted by Gasteiger charge is -2.25. The largest absolute Gasteiger partial charge is 0.311 e. The van der Waals surface area contributed by atoms with Crippen LogP contribution in [-0.2, 0) is 0 Å². The number of hydrogen-bond acceptors (Lipinski definition) is 4. The Morgan fingerprint density at radius 1 is 0.365 bits per heavy atom. The number of thiophene rings is 1. The molecule has 0 N–H and O–H groups in total. The zero-order valence-corrected chi connectivity index (χ0v) is 40.8. The molecule has 5 nitrogen and oxygen atoms in total. The molecule has 0 saturated heterocycles. The SMILES string of the molecule is c1ccc(-c2cc3nc(-n4c5ccc(-c6cccc7c8c9ccccc9ccc8n(-c8ccccc8)c67)cc5c5c6ccccc6ccc54)nc(-c4ccc(N(c5ccccc5)c5ccccc5)cc4)c3s2)cc1. The molecule has 0 bridgehead atoms.